The third-order valence-electron chi connectivity index (χ3n) is 4.88. The van der Waals surface area contributed by atoms with E-state index in [9.17, 15) is 0 Å². The van der Waals surface area contributed by atoms with Gasteiger partial charge in [-0.3, -0.25) is 0 Å². The monoisotopic (exact) mass is 408 g/mol. The maximum Gasteiger partial charge on any atom is 0.265 e. The molecule has 0 aliphatic rings. The molecule has 7 heteroatoms. The Kier molecular flexibility index (Phi) is 4.98. The zero-order chi connectivity index (χ0) is 21.0. The number of aromatic nitrogens is 4. The number of rotatable bonds is 6. The zero-order valence-electron chi connectivity index (χ0n) is 16.9. The number of nitrogens with zero attached hydrogens (tertiary/aromatic N) is 4. The third-order valence-corrected chi connectivity index (χ3v) is 4.88. The minimum atomic E-state index is 0.329. The second kappa shape index (κ2) is 8.23. The van der Waals surface area contributed by atoms with Crippen LogP contribution in [0.1, 0.15) is 16.7 Å². The summed E-state index contributed by atoms with van der Waals surface area (Å²) in [7, 11) is 0. The van der Waals surface area contributed by atoms with Crippen molar-refractivity contribution in [1.82, 2.24) is 20.2 Å². The lowest BCUT2D eigenvalue weighted by Gasteiger charge is -2.06. The van der Waals surface area contributed by atoms with Crippen LogP contribution in [0.25, 0.3) is 22.1 Å². The summed E-state index contributed by atoms with van der Waals surface area (Å²) in [5.41, 5.74) is 8.47. The minimum Gasteiger partial charge on any atom is -0.489 e. The molecule has 5 aromatic rings. The van der Waals surface area contributed by atoms with E-state index in [2.05, 4.69) is 36.8 Å². The van der Waals surface area contributed by atoms with Gasteiger partial charge in [-0.2, -0.15) is 10.1 Å². The van der Waals surface area contributed by atoms with Crippen LogP contribution in [0, 0.1) is 6.92 Å². The smallest absolute Gasteiger partial charge is 0.265 e. The van der Waals surface area contributed by atoms with Crippen molar-refractivity contribution in [2.45, 2.75) is 13.5 Å². The van der Waals surface area contributed by atoms with Crippen molar-refractivity contribution in [2.24, 2.45) is 5.10 Å². The van der Waals surface area contributed by atoms with Gasteiger partial charge in [-0.15, -0.1) is 10.2 Å². The molecule has 0 radical (unpaired) electrons. The van der Waals surface area contributed by atoms with Crippen molar-refractivity contribution >= 4 is 34.2 Å². The summed E-state index contributed by atoms with van der Waals surface area (Å²) in [4.78, 5) is 7.73. The van der Waals surface area contributed by atoms with E-state index >= 15 is 0 Å². The van der Waals surface area contributed by atoms with Crippen LogP contribution in [0.15, 0.2) is 77.9 Å². The highest BCUT2D eigenvalue weighted by Gasteiger charge is 2.08. The average molecular weight is 408 g/mol. The fourth-order valence-electron chi connectivity index (χ4n) is 3.29. The van der Waals surface area contributed by atoms with Crippen molar-refractivity contribution in [3.8, 4) is 5.75 Å². The first-order valence-electron chi connectivity index (χ1n) is 9.93. The Balaban J connectivity index is 1.23. The number of hydrazone groups is 1. The normalized spacial score (nSPS) is 11.4. The molecular weight excluding hydrogens is 388 g/mol. The molecule has 0 unspecified atom stereocenters. The van der Waals surface area contributed by atoms with E-state index < -0.39 is 0 Å². The first-order chi connectivity index (χ1) is 15.2. The van der Waals surface area contributed by atoms with E-state index in [0.29, 0.717) is 18.2 Å². The number of hydrogen-bond donors (Lipinski definition) is 2. The van der Waals surface area contributed by atoms with Gasteiger partial charge in [0.1, 0.15) is 17.9 Å². The predicted molar refractivity (Wildman–Crippen MR) is 122 cm³/mol. The summed E-state index contributed by atoms with van der Waals surface area (Å²) >= 11 is 0. The quantitative estimate of drug-likeness (QED) is 0.310. The lowest BCUT2D eigenvalue weighted by atomic mass is 10.2. The standard InChI is InChI=1S/C24H20N6O/c1-16-7-12-21-20(13-16)22-23(26-21)27-24(30-28-22)29-25-14-17-8-10-19(11-9-17)31-15-18-5-3-2-4-6-18/h2-14H,15H2,1H3,(H2,26,27,29,30)/b25-14+. The van der Waals surface area contributed by atoms with Crippen molar-refractivity contribution in [1.29, 1.82) is 0 Å². The van der Waals surface area contributed by atoms with E-state index in [4.69, 9.17) is 4.74 Å². The summed E-state index contributed by atoms with van der Waals surface area (Å²) in [6.07, 6.45) is 1.70. The number of benzene rings is 3. The van der Waals surface area contributed by atoms with Crippen LogP contribution in [0.2, 0.25) is 0 Å². The maximum absolute atomic E-state index is 5.80. The van der Waals surface area contributed by atoms with Gasteiger partial charge in [-0.05, 0) is 54.4 Å². The Hall–Kier alpha value is -4.26. The Morgan fingerprint density at radius 3 is 2.68 bits per heavy atom. The molecule has 0 amide bonds. The molecule has 0 spiro atoms. The molecule has 0 fully saturated rings. The highest BCUT2D eigenvalue weighted by Crippen LogP contribution is 2.23. The summed E-state index contributed by atoms with van der Waals surface area (Å²) in [6.45, 7) is 2.59. The van der Waals surface area contributed by atoms with Gasteiger partial charge in [0.2, 0.25) is 0 Å². The molecule has 152 valence electrons. The molecular formula is C24H20N6O. The lowest BCUT2D eigenvalue weighted by Crippen LogP contribution is -1.99. The fourth-order valence-corrected chi connectivity index (χ4v) is 3.29. The molecule has 0 atom stereocenters. The summed E-state index contributed by atoms with van der Waals surface area (Å²) < 4.78 is 5.80. The Morgan fingerprint density at radius 1 is 1.00 bits per heavy atom. The van der Waals surface area contributed by atoms with Crippen LogP contribution in [-0.2, 0) is 6.61 Å². The summed E-state index contributed by atoms with van der Waals surface area (Å²) in [5, 5.41) is 13.7. The molecule has 0 saturated carbocycles. The molecule has 0 bridgehead atoms. The average Bonchev–Trinajstić information content (AvgIpc) is 3.16. The van der Waals surface area contributed by atoms with E-state index in [1.165, 1.54) is 5.56 Å². The summed E-state index contributed by atoms with van der Waals surface area (Å²) in [5.74, 6) is 1.14. The van der Waals surface area contributed by atoms with Crippen LogP contribution in [0.3, 0.4) is 0 Å². The topological polar surface area (TPSA) is 88.1 Å². The SMILES string of the molecule is Cc1ccc2[nH]c3nc(N/N=C/c4ccc(OCc5ccccc5)cc4)nnc3c2c1. The molecule has 0 saturated heterocycles. The van der Waals surface area contributed by atoms with Gasteiger partial charge < -0.3 is 9.72 Å². The van der Waals surface area contributed by atoms with E-state index in [0.717, 1.165) is 33.3 Å². The van der Waals surface area contributed by atoms with Crippen LogP contribution in [0.5, 0.6) is 5.75 Å². The third kappa shape index (κ3) is 4.20. The van der Waals surface area contributed by atoms with Crippen molar-refractivity contribution in [2.75, 3.05) is 5.43 Å². The van der Waals surface area contributed by atoms with Crippen LogP contribution >= 0.6 is 0 Å². The van der Waals surface area contributed by atoms with Gasteiger partial charge >= 0.3 is 0 Å². The first-order valence-corrected chi connectivity index (χ1v) is 9.93. The molecule has 5 rings (SSSR count). The maximum atomic E-state index is 5.80. The van der Waals surface area contributed by atoms with Gasteiger partial charge in [0.15, 0.2) is 5.65 Å². The second-order valence-electron chi connectivity index (χ2n) is 7.22. The van der Waals surface area contributed by atoms with Gasteiger partial charge in [-0.25, -0.2) is 5.43 Å². The van der Waals surface area contributed by atoms with Gasteiger partial charge in [0, 0.05) is 10.9 Å². The number of nitrogens with one attached hydrogen (secondary N) is 2. The molecule has 2 N–H and O–H groups in total. The fraction of sp³-hybridized carbons (Fsp3) is 0.0833. The van der Waals surface area contributed by atoms with E-state index in [-0.39, 0.29) is 0 Å². The molecule has 31 heavy (non-hydrogen) atoms. The van der Waals surface area contributed by atoms with Gasteiger partial charge in [-0.1, -0.05) is 42.0 Å². The lowest BCUT2D eigenvalue weighted by molar-refractivity contribution is 0.306. The Labute approximate surface area is 178 Å². The van der Waals surface area contributed by atoms with E-state index in [1.54, 1.807) is 6.21 Å². The van der Waals surface area contributed by atoms with Crippen molar-refractivity contribution in [3.05, 3.63) is 89.5 Å². The molecule has 0 aliphatic heterocycles. The molecule has 3 aromatic carbocycles. The van der Waals surface area contributed by atoms with Crippen molar-refractivity contribution in [3.63, 3.8) is 0 Å². The summed E-state index contributed by atoms with van der Waals surface area (Å²) in [6, 6.07) is 23.9. The highest BCUT2D eigenvalue weighted by atomic mass is 16.5. The largest absolute Gasteiger partial charge is 0.489 e. The minimum absolute atomic E-state index is 0.329. The van der Waals surface area contributed by atoms with E-state index in [1.807, 2.05) is 73.7 Å². The Morgan fingerprint density at radius 2 is 1.84 bits per heavy atom. The number of aromatic amines is 1. The number of hydrogen-bond acceptors (Lipinski definition) is 6. The zero-order valence-corrected chi connectivity index (χ0v) is 16.9. The molecule has 0 aliphatic carbocycles. The molecule has 2 aromatic heterocycles. The van der Waals surface area contributed by atoms with Crippen LogP contribution in [-0.4, -0.2) is 26.4 Å². The van der Waals surface area contributed by atoms with Crippen molar-refractivity contribution < 1.29 is 4.74 Å². The van der Waals surface area contributed by atoms with Crippen LogP contribution < -0.4 is 10.2 Å². The second-order valence-corrected chi connectivity index (χ2v) is 7.22. The predicted octanol–water partition coefficient (Wildman–Crippen LogP) is 4.84. The Bertz CT molecular complexity index is 1360. The molecule has 2 heterocycles. The van der Waals surface area contributed by atoms with Crippen LogP contribution in [0.4, 0.5) is 5.95 Å². The molecule has 7 nitrogen and oxygen atoms in total. The number of aryl methyl sites for hydroxylation is 1. The number of fused-ring (bicyclic) bond motifs is 3. The van der Waals surface area contributed by atoms with Gasteiger partial charge in [0.05, 0.1) is 6.21 Å². The number of anilines is 1. The first kappa shape index (κ1) is 18.7. The number of H-pyrrole nitrogens is 1. The van der Waals surface area contributed by atoms with Gasteiger partial charge in [0.25, 0.3) is 5.95 Å². The highest BCUT2D eigenvalue weighted by molar-refractivity contribution is 6.03. The number of ether oxygens (including phenoxy) is 1.